The molecule has 6 aliphatic rings. The lowest BCUT2D eigenvalue weighted by Crippen LogP contribution is -2.69. The molecule has 5 atom stereocenters. The molecule has 0 unspecified atom stereocenters. The summed E-state index contributed by atoms with van der Waals surface area (Å²) in [6.45, 7) is 6.80. The first-order valence-corrected chi connectivity index (χ1v) is 13.1. The second-order valence-electron chi connectivity index (χ2n) is 11.4. The van der Waals surface area contributed by atoms with Gasteiger partial charge in [-0.25, -0.2) is 0 Å². The predicted molar refractivity (Wildman–Crippen MR) is 126 cm³/mol. The molecule has 0 aromatic heterocycles. The second kappa shape index (κ2) is 7.27. The molecule has 2 saturated carbocycles. The van der Waals surface area contributed by atoms with Gasteiger partial charge in [0.2, 0.25) is 11.6 Å². The Labute approximate surface area is 197 Å². The number of aryl methyl sites for hydroxylation is 1. The molecular formula is C29H36O4. The summed E-state index contributed by atoms with van der Waals surface area (Å²) in [5, 5.41) is 0. The second-order valence-corrected chi connectivity index (χ2v) is 11.4. The van der Waals surface area contributed by atoms with Crippen molar-refractivity contribution < 1.29 is 18.9 Å². The Hall–Kier alpha value is -1.46. The minimum absolute atomic E-state index is 0.296. The zero-order valence-corrected chi connectivity index (χ0v) is 20.0. The van der Waals surface area contributed by atoms with Crippen LogP contribution in [0.5, 0.6) is 0 Å². The zero-order chi connectivity index (χ0) is 22.3. The van der Waals surface area contributed by atoms with E-state index < -0.39 is 11.6 Å². The van der Waals surface area contributed by atoms with Crippen molar-refractivity contribution in [3.63, 3.8) is 0 Å². The SMILES string of the molecule is Cc1ccc(C2=C[C@@]3(C)[C@@H](CC45OCCOC43OCCO5)[C@@H]3CC=C4CCCC[C@@H]4[C@@H]23)cc1. The fraction of sp³-hybridized carbons (Fsp3) is 0.655. The van der Waals surface area contributed by atoms with Gasteiger partial charge in [0.25, 0.3) is 0 Å². The Morgan fingerprint density at radius 3 is 2.39 bits per heavy atom. The molecule has 4 heteroatoms. The van der Waals surface area contributed by atoms with Crippen LogP contribution in [0.3, 0.4) is 0 Å². The van der Waals surface area contributed by atoms with Gasteiger partial charge in [-0.1, -0.05) is 60.9 Å². The van der Waals surface area contributed by atoms with E-state index in [0.717, 1.165) is 12.8 Å². The Morgan fingerprint density at radius 2 is 1.64 bits per heavy atom. The van der Waals surface area contributed by atoms with Crippen molar-refractivity contribution in [3.8, 4) is 0 Å². The van der Waals surface area contributed by atoms with E-state index in [4.69, 9.17) is 18.9 Å². The monoisotopic (exact) mass is 448 g/mol. The molecule has 4 nitrogen and oxygen atoms in total. The summed E-state index contributed by atoms with van der Waals surface area (Å²) in [6.07, 6.45) is 12.5. The maximum Gasteiger partial charge on any atom is 0.233 e. The molecular weight excluding hydrogens is 412 g/mol. The first-order chi connectivity index (χ1) is 16.1. The molecule has 0 radical (unpaired) electrons. The standard InChI is InChI=1S/C29H36O4/c1-19-7-9-21(10-8-19)24-17-27(2)25(23-12-11-20-5-3-4-6-22(20)26(23)24)18-28-29(27,32-15-13-30-28)33-16-14-31-28/h7-11,17,22-23,25-26H,3-6,12-16,18H2,1-2H3/t22-,23-,25-,26+,27-,28?,29?/m0/s1. The minimum atomic E-state index is -0.862. The lowest BCUT2D eigenvalue weighted by atomic mass is 9.52. The maximum atomic E-state index is 6.61. The van der Waals surface area contributed by atoms with Crippen molar-refractivity contribution >= 4 is 5.57 Å². The van der Waals surface area contributed by atoms with E-state index >= 15 is 0 Å². The Balaban J connectivity index is 1.43. The summed E-state index contributed by atoms with van der Waals surface area (Å²) in [6, 6.07) is 9.19. The maximum absolute atomic E-state index is 6.61. The Kier molecular flexibility index (Phi) is 4.60. The minimum Gasteiger partial charge on any atom is -0.343 e. The smallest absolute Gasteiger partial charge is 0.233 e. The summed E-state index contributed by atoms with van der Waals surface area (Å²) < 4.78 is 26.2. The number of hydrogen-bond donors (Lipinski definition) is 0. The lowest BCUT2D eigenvalue weighted by Gasteiger charge is -2.57. The molecule has 1 aromatic rings. The fourth-order valence-corrected chi connectivity index (χ4v) is 8.56. The molecule has 4 aliphatic carbocycles. The van der Waals surface area contributed by atoms with Crippen molar-refractivity contribution in [1.82, 2.24) is 0 Å². The van der Waals surface area contributed by atoms with Gasteiger partial charge in [0.1, 0.15) is 0 Å². The van der Waals surface area contributed by atoms with Gasteiger partial charge in [0, 0.05) is 11.8 Å². The number of allylic oxidation sites excluding steroid dienone is 3. The summed E-state index contributed by atoms with van der Waals surface area (Å²) >= 11 is 0. The molecule has 0 N–H and O–H groups in total. The van der Waals surface area contributed by atoms with Gasteiger partial charge < -0.3 is 18.9 Å². The van der Waals surface area contributed by atoms with E-state index in [-0.39, 0.29) is 5.41 Å². The highest BCUT2D eigenvalue weighted by molar-refractivity contribution is 5.71. The third-order valence-corrected chi connectivity index (χ3v) is 9.89. The first kappa shape index (κ1) is 20.9. The normalized spacial score (nSPS) is 46.1. The van der Waals surface area contributed by atoms with Crippen LogP contribution in [0, 0.1) is 36.0 Å². The molecule has 176 valence electrons. The van der Waals surface area contributed by atoms with Crippen LogP contribution in [0.25, 0.3) is 5.57 Å². The third-order valence-electron chi connectivity index (χ3n) is 9.89. The van der Waals surface area contributed by atoms with E-state index in [9.17, 15) is 0 Å². The van der Waals surface area contributed by atoms with Gasteiger partial charge in [0.05, 0.1) is 26.4 Å². The first-order valence-electron chi connectivity index (χ1n) is 13.1. The average molecular weight is 449 g/mol. The van der Waals surface area contributed by atoms with Crippen molar-refractivity contribution in [2.45, 2.75) is 63.9 Å². The molecule has 4 fully saturated rings. The number of fused-ring (bicyclic) bond motifs is 5. The Morgan fingerprint density at radius 1 is 0.909 bits per heavy atom. The quantitative estimate of drug-likeness (QED) is 0.520. The molecule has 2 aliphatic heterocycles. The third kappa shape index (κ3) is 2.67. The topological polar surface area (TPSA) is 36.9 Å². The van der Waals surface area contributed by atoms with Crippen LogP contribution in [0.1, 0.15) is 56.6 Å². The summed E-state index contributed by atoms with van der Waals surface area (Å²) in [4.78, 5) is 0. The predicted octanol–water partition coefficient (Wildman–Crippen LogP) is 5.66. The van der Waals surface area contributed by atoms with Gasteiger partial charge in [-0.2, -0.15) is 0 Å². The highest BCUT2D eigenvalue weighted by Gasteiger charge is 2.78. The van der Waals surface area contributed by atoms with Gasteiger partial charge >= 0.3 is 0 Å². The van der Waals surface area contributed by atoms with Gasteiger partial charge in [-0.05, 0) is 67.4 Å². The van der Waals surface area contributed by atoms with E-state index in [2.05, 4.69) is 50.3 Å². The highest BCUT2D eigenvalue weighted by atomic mass is 16.8. The van der Waals surface area contributed by atoms with Crippen molar-refractivity contribution in [2.24, 2.45) is 29.1 Å². The molecule has 2 heterocycles. The van der Waals surface area contributed by atoms with Crippen LogP contribution < -0.4 is 0 Å². The van der Waals surface area contributed by atoms with Gasteiger partial charge in [-0.3, -0.25) is 0 Å². The number of hydrogen-bond acceptors (Lipinski definition) is 4. The number of rotatable bonds is 1. The lowest BCUT2D eigenvalue weighted by molar-refractivity contribution is -0.468. The van der Waals surface area contributed by atoms with Crippen LogP contribution in [-0.2, 0) is 18.9 Å². The fourth-order valence-electron chi connectivity index (χ4n) is 8.56. The van der Waals surface area contributed by atoms with E-state index in [0.29, 0.717) is 50.1 Å². The van der Waals surface area contributed by atoms with Gasteiger partial charge in [-0.15, -0.1) is 0 Å². The Bertz CT molecular complexity index is 995. The molecule has 2 saturated heterocycles. The van der Waals surface area contributed by atoms with Gasteiger partial charge in [0.15, 0.2) is 0 Å². The molecule has 33 heavy (non-hydrogen) atoms. The molecule has 0 bridgehead atoms. The highest BCUT2D eigenvalue weighted by Crippen LogP contribution is 2.70. The average Bonchev–Trinajstić information content (AvgIpc) is 3.10. The van der Waals surface area contributed by atoms with E-state index in [1.807, 2.05) is 0 Å². The van der Waals surface area contributed by atoms with Crippen LogP contribution >= 0.6 is 0 Å². The van der Waals surface area contributed by atoms with Crippen LogP contribution in [-0.4, -0.2) is 38.0 Å². The van der Waals surface area contributed by atoms with Crippen LogP contribution in [0.15, 0.2) is 42.0 Å². The van der Waals surface area contributed by atoms with Crippen LogP contribution in [0.2, 0.25) is 0 Å². The molecule has 7 rings (SSSR count). The van der Waals surface area contributed by atoms with E-state index in [1.165, 1.54) is 42.4 Å². The van der Waals surface area contributed by atoms with Crippen molar-refractivity contribution in [2.75, 3.05) is 26.4 Å². The van der Waals surface area contributed by atoms with E-state index in [1.54, 1.807) is 5.57 Å². The van der Waals surface area contributed by atoms with Crippen molar-refractivity contribution in [3.05, 3.63) is 53.1 Å². The largest absolute Gasteiger partial charge is 0.343 e. The van der Waals surface area contributed by atoms with Crippen molar-refractivity contribution in [1.29, 1.82) is 0 Å². The van der Waals surface area contributed by atoms with Crippen LogP contribution in [0.4, 0.5) is 0 Å². The molecule has 0 spiro atoms. The molecule has 0 amide bonds. The number of ether oxygens (including phenoxy) is 4. The summed E-state index contributed by atoms with van der Waals surface area (Å²) in [5.74, 6) is 0.536. The zero-order valence-electron chi connectivity index (χ0n) is 20.0. The summed E-state index contributed by atoms with van der Waals surface area (Å²) in [5.41, 5.74) is 5.60. The number of benzene rings is 1. The summed E-state index contributed by atoms with van der Waals surface area (Å²) in [7, 11) is 0. The molecule has 1 aromatic carbocycles.